The summed E-state index contributed by atoms with van der Waals surface area (Å²) in [5.74, 6) is -0.364. The Morgan fingerprint density at radius 1 is 1.42 bits per heavy atom. The molecule has 0 amide bonds. The summed E-state index contributed by atoms with van der Waals surface area (Å²) in [5.41, 5.74) is 0. The largest absolute Gasteiger partial charge is 0.457 e. The molecule has 0 heterocycles. The molecule has 3 heteroatoms. The molecule has 0 spiro atoms. The van der Waals surface area contributed by atoms with Gasteiger partial charge in [-0.1, -0.05) is 6.42 Å². The molecule has 0 aromatic heterocycles. The zero-order valence-corrected chi connectivity index (χ0v) is 7.08. The van der Waals surface area contributed by atoms with Gasteiger partial charge in [-0.2, -0.15) is 0 Å². The van der Waals surface area contributed by atoms with Crippen LogP contribution in [0.4, 0.5) is 0 Å². The fraction of sp³-hybridized carbons (Fsp3) is 0.778. The van der Waals surface area contributed by atoms with Crippen molar-refractivity contribution in [1.82, 2.24) is 0 Å². The third-order valence-corrected chi connectivity index (χ3v) is 2.06. The molecule has 0 N–H and O–H groups in total. The van der Waals surface area contributed by atoms with E-state index in [0.717, 1.165) is 25.7 Å². The zero-order valence-electron chi connectivity index (χ0n) is 7.08. The number of carbonyl (C=O) groups is 1. The van der Waals surface area contributed by atoms with Crippen LogP contribution in [0.5, 0.6) is 0 Å². The fourth-order valence-corrected chi connectivity index (χ4v) is 1.47. The summed E-state index contributed by atoms with van der Waals surface area (Å²) in [6, 6.07) is 0. The molecule has 0 aromatic carbocycles. The Balaban J connectivity index is 2.21. The maximum Gasteiger partial charge on any atom is 0.387 e. The van der Waals surface area contributed by atoms with Crippen molar-refractivity contribution >= 4 is 5.97 Å². The van der Waals surface area contributed by atoms with Crippen LogP contribution in [0, 0.1) is 6.57 Å². The van der Waals surface area contributed by atoms with Crippen LogP contribution in [0.1, 0.15) is 32.1 Å². The van der Waals surface area contributed by atoms with Gasteiger partial charge in [-0.05, 0) is 25.7 Å². The molecule has 0 aliphatic heterocycles. The number of esters is 1. The highest BCUT2D eigenvalue weighted by atomic mass is 16.5. The van der Waals surface area contributed by atoms with E-state index in [0.29, 0.717) is 0 Å². The highest BCUT2D eigenvalue weighted by Crippen LogP contribution is 2.20. The summed E-state index contributed by atoms with van der Waals surface area (Å²) in [5, 5.41) is 0. The lowest BCUT2D eigenvalue weighted by Gasteiger charge is -2.20. The minimum atomic E-state index is -0.364. The van der Waals surface area contributed by atoms with Gasteiger partial charge in [0.2, 0.25) is 0 Å². The third kappa shape index (κ3) is 2.91. The van der Waals surface area contributed by atoms with Gasteiger partial charge in [0.15, 0.2) is 0 Å². The predicted molar refractivity (Wildman–Crippen MR) is 44.4 cm³/mol. The molecule has 1 fully saturated rings. The van der Waals surface area contributed by atoms with E-state index < -0.39 is 0 Å². The van der Waals surface area contributed by atoms with Gasteiger partial charge in [-0.15, -0.1) is 0 Å². The average molecular weight is 167 g/mol. The average Bonchev–Trinajstić information content (AvgIpc) is 2.06. The summed E-state index contributed by atoms with van der Waals surface area (Å²) >= 11 is 0. The first-order valence-electron chi connectivity index (χ1n) is 4.35. The van der Waals surface area contributed by atoms with E-state index in [2.05, 4.69) is 4.85 Å². The van der Waals surface area contributed by atoms with Crippen molar-refractivity contribution < 1.29 is 9.53 Å². The standard InChI is InChI=1S/C9H13NO2/c1-10-7-9(11)12-8-5-3-2-4-6-8/h8H,2-7H2. The van der Waals surface area contributed by atoms with E-state index in [1.54, 1.807) is 0 Å². The Bertz CT molecular complexity index is 189. The Kier molecular flexibility index (Phi) is 3.59. The molecule has 0 saturated heterocycles. The van der Waals surface area contributed by atoms with E-state index in [1.807, 2.05) is 0 Å². The van der Waals surface area contributed by atoms with Crippen LogP contribution in [0.2, 0.25) is 0 Å². The maximum atomic E-state index is 10.9. The quantitative estimate of drug-likeness (QED) is 0.463. The number of hydrogen-bond acceptors (Lipinski definition) is 2. The zero-order chi connectivity index (χ0) is 8.81. The minimum Gasteiger partial charge on any atom is -0.457 e. The maximum absolute atomic E-state index is 10.9. The van der Waals surface area contributed by atoms with Gasteiger partial charge in [0.05, 0.1) is 0 Å². The Hall–Kier alpha value is -1.04. The molecule has 0 bridgehead atoms. The molecule has 1 rings (SSSR count). The summed E-state index contributed by atoms with van der Waals surface area (Å²) in [7, 11) is 0. The number of carbonyl (C=O) groups excluding carboxylic acids is 1. The number of rotatable bonds is 2. The molecule has 66 valence electrons. The van der Waals surface area contributed by atoms with Crippen molar-refractivity contribution in [1.29, 1.82) is 0 Å². The van der Waals surface area contributed by atoms with Crippen molar-refractivity contribution in [3.8, 4) is 0 Å². The SMILES string of the molecule is [C-]#[N+]CC(=O)OC1CCCCC1. The molecule has 0 radical (unpaired) electrons. The van der Waals surface area contributed by atoms with Crippen LogP contribution in [0.15, 0.2) is 0 Å². The summed E-state index contributed by atoms with van der Waals surface area (Å²) < 4.78 is 5.08. The van der Waals surface area contributed by atoms with Crippen molar-refractivity contribution in [2.45, 2.75) is 38.2 Å². The molecule has 0 unspecified atom stereocenters. The van der Waals surface area contributed by atoms with Gasteiger partial charge in [-0.25, -0.2) is 11.4 Å². The fourth-order valence-electron chi connectivity index (χ4n) is 1.47. The van der Waals surface area contributed by atoms with Crippen molar-refractivity contribution in [2.24, 2.45) is 0 Å². The summed E-state index contributed by atoms with van der Waals surface area (Å²) in [6.45, 7) is 6.35. The second-order valence-electron chi connectivity index (χ2n) is 3.07. The van der Waals surface area contributed by atoms with Crippen LogP contribution in [-0.4, -0.2) is 18.6 Å². The molecule has 1 saturated carbocycles. The van der Waals surface area contributed by atoms with Crippen LogP contribution in [0.3, 0.4) is 0 Å². The molecule has 12 heavy (non-hydrogen) atoms. The summed E-state index contributed by atoms with van der Waals surface area (Å²) in [4.78, 5) is 13.9. The first-order chi connectivity index (χ1) is 5.83. The van der Waals surface area contributed by atoms with E-state index >= 15 is 0 Å². The predicted octanol–water partition coefficient (Wildman–Crippen LogP) is 1.78. The van der Waals surface area contributed by atoms with E-state index in [1.165, 1.54) is 6.42 Å². The molecule has 1 aliphatic carbocycles. The second-order valence-corrected chi connectivity index (χ2v) is 3.07. The minimum absolute atomic E-state index is 0.0907. The van der Waals surface area contributed by atoms with E-state index in [4.69, 9.17) is 11.3 Å². The van der Waals surface area contributed by atoms with Gasteiger partial charge in [0.25, 0.3) is 0 Å². The summed E-state index contributed by atoms with van der Waals surface area (Å²) in [6.07, 6.45) is 5.59. The first kappa shape index (κ1) is 9.05. The van der Waals surface area contributed by atoms with Crippen LogP contribution < -0.4 is 0 Å². The highest BCUT2D eigenvalue weighted by molar-refractivity contribution is 5.73. The number of nitrogens with zero attached hydrogens (tertiary/aromatic N) is 1. The number of ether oxygens (including phenoxy) is 1. The first-order valence-corrected chi connectivity index (χ1v) is 4.35. The van der Waals surface area contributed by atoms with Gasteiger partial charge < -0.3 is 9.58 Å². The smallest absolute Gasteiger partial charge is 0.387 e. The van der Waals surface area contributed by atoms with Crippen LogP contribution >= 0.6 is 0 Å². The van der Waals surface area contributed by atoms with E-state index in [9.17, 15) is 4.79 Å². The Morgan fingerprint density at radius 2 is 2.08 bits per heavy atom. The van der Waals surface area contributed by atoms with E-state index in [-0.39, 0.29) is 18.6 Å². The molecular formula is C9H13NO2. The topological polar surface area (TPSA) is 30.7 Å². The number of hydrogen-bond donors (Lipinski definition) is 0. The molecule has 3 nitrogen and oxygen atoms in total. The Labute approximate surface area is 72.5 Å². The van der Waals surface area contributed by atoms with Gasteiger partial charge in [0.1, 0.15) is 6.10 Å². The third-order valence-electron chi connectivity index (χ3n) is 2.06. The molecular weight excluding hydrogens is 154 g/mol. The van der Waals surface area contributed by atoms with Crippen LogP contribution in [-0.2, 0) is 9.53 Å². The van der Waals surface area contributed by atoms with Crippen LogP contribution in [0.25, 0.3) is 4.85 Å². The lowest BCUT2D eigenvalue weighted by Crippen LogP contribution is -2.21. The van der Waals surface area contributed by atoms with Gasteiger partial charge in [0, 0.05) is 0 Å². The van der Waals surface area contributed by atoms with Gasteiger partial charge in [-0.3, -0.25) is 0 Å². The monoisotopic (exact) mass is 167 g/mol. The lowest BCUT2D eigenvalue weighted by molar-refractivity contribution is -0.147. The van der Waals surface area contributed by atoms with Crippen molar-refractivity contribution in [3.05, 3.63) is 11.4 Å². The molecule has 0 aromatic rings. The molecule has 0 atom stereocenters. The second kappa shape index (κ2) is 4.76. The Morgan fingerprint density at radius 3 is 2.67 bits per heavy atom. The van der Waals surface area contributed by atoms with Crippen molar-refractivity contribution in [3.63, 3.8) is 0 Å². The van der Waals surface area contributed by atoms with Crippen molar-refractivity contribution in [2.75, 3.05) is 6.54 Å². The normalized spacial score (nSPS) is 18.2. The van der Waals surface area contributed by atoms with Gasteiger partial charge >= 0.3 is 12.5 Å². The highest BCUT2D eigenvalue weighted by Gasteiger charge is 2.18. The molecule has 1 aliphatic rings. The lowest BCUT2D eigenvalue weighted by atomic mass is 9.98.